The molecule has 0 spiro atoms. The molecule has 1 rings (SSSR count). The summed E-state index contributed by atoms with van der Waals surface area (Å²) >= 11 is 0. The summed E-state index contributed by atoms with van der Waals surface area (Å²) in [5.74, 6) is -0.185. The fraction of sp³-hybridized carbons (Fsp3) is 0.500. The number of hydrogen-bond acceptors (Lipinski definition) is 2. The van der Waals surface area contributed by atoms with E-state index < -0.39 is 0 Å². The fourth-order valence-electron chi connectivity index (χ4n) is 1.38. The van der Waals surface area contributed by atoms with E-state index in [0.29, 0.717) is 0 Å². The molecular weight excluding hydrogens is 191 g/mol. The minimum Gasteiger partial charge on any atom is -0.328 e. The Hall–Kier alpha value is -0.930. The largest absolute Gasteiger partial charge is 0.328 e. The zero-order valence-corrected chi connectivity index (χ0v) is 9.17. The van der Waals surface area contributed by atoms with Crippen molar-refractivity contribution < 1.29 is 4.39 Å². The first kappa shape index (κ1) is 12.1. The van der Waals surface area contributed by atoms with Crippen LogP contribution in [0.15, 0.2) is 24.3 Å². The highest BCUT2D eigenvalue weighted by Gasteiger charge is 1.95. The molecule has 0 radical (unpaired) electrons. The van der Waals surface area contributed by atoms with Crippen LogP contribution < -0.4 is 11.1 Å². The van der Waals surface area contributed by atoms with Crippen molar-refractivity contribution in [2.75, 3.05) is 6.54 Å². The first-order valence-corrected chi connectivity index (χ1v) is 5.39. The van der Waals surface area contributed by atoms with E-state index >= 15 is 0 Å². The van der Waals surface area contributed by atoms with Crippen molar-refractivity contribution in [1.82, 2.24) is 5.32 Å². The van der Waals surface area contributed by atoms with Crippen LogP contribution in [0.2, 0.25) is 0 Å². The number of hydrogen-bond donors (Lipinski definition) is 2. The van der Waals surface area contributed by atoms with Gasteiger partial charge in [0.05, 0.1) is 0 Å². The lowest BCUT2D eigenvalue weighted by Crippen LogP contribution is -2.19. The van der Waals surface area contributed by atoms with E-state index in [4.69, 9.17) is 5.73 Å². The second kappa shape index (κ2) is 6.53. The summed E-state index contributed by atoms with van der Waals surface area (Å²) < 4.78 is 12.6. The van der Waals surface area contributed by atoms with Crippen molar-refractivity contribution in [3.05, 3.63) is 35.6 Å². The van der Waals surface area contributed by atoms with Crippen molar-refractivity contribution in [2.45, 2.75) is 32.4 Å². The van der Waals surface area contributed by atoms with Crippen LogP contribution in [0.4, 0.5) is 4.39 Å². The molecule has 1 aromatic rings. The summed E-state index contributed by atoms with van der Waals surface area (Å²) in [6.45, 7) is 3.76. The minimum absolute atomic E-state index is 0.185. The Balaban J connectivity index is 2.12. The molecule has 1 aromatic carbocycles. The number of nitrogens with one attached hydrogen (secondary N) is 1. The summed E-state index contributed by atoms with van der Waals surface area (Å²) in [6.07, 6.45) is 2.12. The van der Waals surface area contributed by atoms with Gasteiger partial charge in [-0.25, -0.2) is 4.39 Å². The van der Waals surface area contributed by atoms with Gasteiger partial charge in [0.2, 0.25) is 0 Å². The summed E-state index contributed by atoms with van der Waals surface area (Å²) in [6, 6.07) is 6.84. The van der Waals surface area contributed by atoms with E-state index in [-0.39, 0.29) is 11.9 Å². The lowest BCUT2D eigenvalue weighted by Gasteiger charge is -2.06. The third kappa shape index (κ3) is 5.50. The van der Waals surface area contributed by atoms with Crippen LogP contribution in [0, 0.1) is 5.82 Å². The van der Waals surface area contributed by atoms with Crippen molar-refractivity contribution in [3.63, 3.8) is 0 Å². The molecule has 15 heavy (non-hydrogen) atoms. The molecular formula is C12H19FN2. The van der Waals surface area contributed by atoms with Gasteiger partial charge in [-0.05, 0) is 44.0 Å². The maximum atomic E-state index is 12.6. The second-order valence-corrected chi connectivity index (χ2v) is 3.92. The number of nitrogens with two attached hydrogens (primary N) is 1. The maximum absolute atomic E-state index is 12.6. The first-order valence-electron chi connectivity index (χ1n) is 5.39. The lowest BCUT2D eigenvalue weighted by molar-refractivity contribution is 0.573. The van der Waals surface area contributed by atoms with Gasteiger partial charge >= 0.3 is 0 Å². The second-order valence-electron chi connectivity index (χ2n) is 3.92. The SMILES string of the molecule is CC(N)CCCNCc1ccc(F)cc1. The summed E-state index contributed by atoms with van der Waals surface area (Å²) in [5, 5.41) is 3.30. The Morgan fingerprint density at radius 3 is 2.60 bits per heavy atom. The van der Waals surface area contributed by atoms with E-state index in [1.807, 2.05) is 6.92 Å². The smallest absolute Gasteiger partial charge is 0.123 e. The van der Waals surface area contributed by atoms with Gasteiger partial charge in [-0.3, -0.25) is 0 Å². The third-order valence-corrected chi connectivity index (χ3v) is 2.26. The van der Waals surface area contributed by atoms with Crippen molar-refractivity contribution in [3.8, 4) is 0 Å². The van der Waals surface area contributed by atoms with Crippen LogP contribution in [0.5, 0.6) is 0 Å². The molecule has 84 valence electrons. The highest BCUT2D eigenvalue weighted by atomic mass is 19.1. The molecule has 0 heterocycles. The van der Waals surface area contributed by atoms with Gasteiger partial charge in [0.15, 0.2) is 0 Å². The number of halogens is 1. The van der Waals surface area contributed by atoms with Gasteiger partial charge < -0.3 is 11.1 Å². The Morgan fingerprint density at radius 2 is 2.00 bits per heavy atom. The van der Waals surface area contributed by atoms with Crippen LogP contribution in [0.25, 0.3) is 0 Å². The molecule has 0 aliphatic carbocycles. The molecule has 1 unspecified atom stereocenters. The van der Waals surface area contributed by atoms with Crippen LogP contribution >= 0.6 is 0 Å². The van der Waals surface area contributed by atoms with E-state index in [0.717, 1.165) is 31.5 Å². The maximum Gasteiger partial charge on any atom is 0.123 e. The van der Waals surface area contributed by atoms with Gasteiger partial charge in [-0.1, -0.05) is 12.1 Å². The topological polar surface area (TPSA) is 38.0 Å². The quantitative estimate of drug-likeness (QED) is 0.705. The predicted octanol–water partition coefficient (Wildman–Crippen LogP) is 2.04. The standard InChI is InChI=1S/C12H19FN2/c1-10(14)3-2-8-15-9-11-4-6-12(13)7-5-11/h4-7,10,15H,2-3,8-9,14H2,1H3. The molecule has 1 atom stereocenters. The van der Waals surface area contributed by atoms with Crippen LogP contribution in [0.3, 0.4) is 0 Å². The monoisotopic (exact) mass is 210 g/mol. The Kier molecular flexibility index (Phi) is 5.29. The summed E-state index contributed by atoms with van der Waals surface area (Å²) in [7, 11) is 0. The predicted molar refractivity (Wildman–Crippen MR) is 61.0 cm³/mol. The van der Waals surface area contributed by atoms with Gasteiger partial charge in [0.25, 0.3) is 0 Å². The fourth-order valence-corrected chi connectivity index (χ4v) is 1.38. The Labute approximate surface area is 90.7 Å². The summed E-state index contributed by atoms with van der Waals surface area (Å²) in [4.78, 5) is 0. The molecule has 3 N–H and O–H groups in total. The van der Waals surface area contributed by atoms with Crippen LogP contribution in [0.1, 0.15) is 25.3 Å². The normalized spacial score (nSPS) is 12.7. The van der Waals surface area contributed by atoms with Gasteiger partial charge in [0, 0.05) is 12.6 Å². The third-order valence-electron chi connectivity index (χ3n) is 2.26. The van der Waals surface area contributed by atoms with Gasteiger partial charge in [-0.2, -0.15) is 0 Å². The molecule has 0 aromatic heterocycles. The minimum atomic E-state index is -0.185. The van der Waals surface area contributed by atoms with Gasteiger partial charge in [-0.15, -0.1) is 0 Å². The number of rotatable bonds is 6. The molecule has 0 aliphatic rings. The van der Waals surface area contributed by atoms with Crippen molar-refractivity contribution in [1.29, 1.82) is 0 Å². The van der Waals surface area contributed by atoms with Crippen molar-refractivity contribution in [2.24, 2.45) is 5.73 Å². The number of benzene rings is 1. The lowest BCUT2D eigenvalue weighted by atomic mass is 10.2. The Morgan fingerprint density at radius 1 is 1.33 bits per heavy atom. The highest BCUT2D eigenvalue weighted by Crippen LogP contribution is 2.02. The van der Waals surface area contributed by atoms with Crippen LogP contribution in [-0.4, -0.2) is 12.6 Å². The average molecular weight is 210 g/mol. The molecule has 0 amide bonds. The first-order chi connectivity index (χ1) is 7.18. The van der Waals surface area contributed by atoms with Gasteiger partial charge in [0.1, 0.15) is 5.82 Å². The Bertz CT molecular complexity index is 269. The van der Waals surface area contributed by atoms with Crippen LogP contribution in [-0.2, 0) is 6.54 Å². The average Bonchev–Trinajstić information content (AvgIpc) is 2.20. The van der Waals surface area contributed by atoms with E-state index in [1.165, 1.54) is 12.1 Å². The van der Waals surface area contributed by atoms with E-state index in [9.17, 15) is 4.39 Å². The van der Waals surface area contributed by atoms with E-state index in [2.05, 4.69) is 5.32 Å². The molecule has 3 heteroatoms. The summed E-state index contributed by atoms with van der Waals surface area (Å²) in [5.41, 5.74) is 6.74. The molecule has 0 fully saturated rings. The molecule has 0 saturated carbocycles. The van der Waals surface area contributed by atoms with E-state index in [1.54, 1.807) is 12.1 Å². The highest BCUT2D eigenvalue weighted by molar-refractivity contribution is 5.15. The molecule has 2 nitrogen and oxygen atoms in total. The molecule has 0 bridgehead atoms. The molecule has 0 aliphatic heterocycles. The zero-order chi connectivity index (χ0) is 11.1. The zero-order valence-electron chi connectivity index (χ0n) is 9.17. The molecule has 0 saturated heterocycles. The van der Waals surface area contributed by atoms with Crippen molar-refractivity contribution >= 4 is 0 Å².